The van der Waals surface area contributed by atoms with Crippen LogP contribution in [-0.4, -0.2) is 22.9 Å². The zero-order valence-corrected chi connectivity index (χ0v) is 25.9. The van der Waals surface area contributed by atoms with Crippen LogP contribution in [0.3, 0.4) is 0 Å². The monoisotopic (exact) mass is 582 g/mol. The van der Waals surface area contributed by atoms with E-state index in [1.807, 2.05) is 56.4 Å². The Labute approximate surface area is 253 Å². The highest BCUT2D eigenvalue weighted by Gasteiger charge is 2.24. The van der Waals surface area contributed by atoms with E-state index in [9.17, 15) is 4.79 Å². The van der Waals surface area contributed by atoms with Gasteiger partial charge in [0.15, 0.2) is 0 Å². The second-order valence-corrected chi connectivity index (χ2v) is 10.6. The van der Waals surface area contributed by atoms with Gasteiger partial charge in [-0.25, -0.2) is 10.4 Å². The minimum absolute atomic E-state index is 0.210. The number of ether oxygens (including phenoxy) is 1. The van der Waals surface area contributed by atoms with Crippen molar-refractivity contribution >= 4 is 33.7 Å². The number of hydrogen-bond acceptors (Lipinski definition) is 8. The van der Waals surface area contributed by atoms with Crippen molar-refractivity contribution in [3.05, 3.63) is 94.6 Å². The summed E-state index contributed by atoms with van der Waals surface area (Å²) in [5.74, 6) is -0.246. The topological polar surface area (TPSA) is 127 Å². The molecule has 1 unspecified atom stereocenters. The molecule has 1 aliphatic rings. The second-order valence-electron chi connectivity index (χ2n) is 10.6. The predicted octanol–water partition coefficient (Wildman–Crippen LogP) is 6.50. The molecule has 0 saturated heterocycles. The number of carbonyl (C=O) groups excluding carboxylic acids is 1. The molecule has 3 heterocycles. The number of nitrogens with zero attached hydrogens (tertiary/aromatic N) is 2. The maximum Gasteiger partial charge on any atom is 0.317 e. The van der Waals surface area contributed by atoms with Crippen molar-refractivity contribution in [1.82, 2.24) is 20.7 Å². The van der Waals surface area contributed by atoms with Crippen molar-refractivity contribution in [2.75, 3.05) is 12.5 Å². The van der Waals surface area contributed by atoms with Crippen molar-refractivity contribution in [2.45, 2.75) is 60.6 Å². The fourth-order valence-electron chi connectivity index (χ4n) is 4.84. The number of allylic oxidation sites excluding steroid dienone is 3. The number of hydrazine groups is 1. The summed E-state index contributed by atoms with van der Waals surface area (Å²) in [5.41, 5.74) is 20.4. The highest BCUT2D eigenvalue weighted by atomic mass is 16.5. The third kappa shape index (κ3) is 7.42. The molecule has 0 saturated carbocycles. The number of primary amides is 1. The Morgan fingerprint density at radius 1 is 1.19 bits per heavy atom. The van der Waals surface area contributed by atoms with Gasteiger partial charge < -0.3 is 25.6 Å². The fourth-order valence-corrected chi connectivity index (χ4v) is 4.84. The molecule has 43 heavy (non-hydrogen) atoms. The largest absolute Gasteiger partial charge is 0.457 e. The molecule has 0 bridgehead atoms. The minimum atomic E-state index is -0.528. The van der Waals surface area contributed by atoms with E-state index in [2.05, 4.69) is 59.0 Å². The summed E-state index contributed by atoms with van der Waals surface area (Å²) < 4.78 is 11.7. The van der Waals surface area contributed by atoms with Crippen molar-refractivity contribution < 1.29 is 13.9 Å². The van der Waals surface area contributed by atoms with Gasteiger partial charge in [-0.3, -0.25) is 4.79 Å². The lowest BCUT2D eigenvalue weighted by Crippen LogP contribution is -2.28. The molecule has 9 nitrogen and oxygen atoms in total. The van der Waals surface area contributed by atoms with Crippen LogP contribution >= 0.6 is 0 Å². The number of para-hydroxylation sites is 1. The van der Waals surface area contributed by atoms with Gasteiger partial charge in [-0.05, 0) is 67.8 Å². The molecule has 0 fully saturated rings. The number of nitrogens with two attached hydrogens (primary N) is 1. The van der Waals surface area contributed by atoms with Crippen LogP contribution < -0.4 is 26.6 Å². The number of benzene rings is 2. The van der Waals surface area contributed by atoms with E-state index >= 15 is 0 Å². The Morgan fingerprint density at radius 3 is 2.65 bits per heavy atom. The zero-order valence-electron chi connectivity index (χ0n) is 25.9. The molecule has 1 atom stereocenters. The van der Waals surface area contributed by atoms with Gasteiger partial charge in [0.1, 0.15) is 18.0 Å². The van der Waals surface area contributed by atoms with Gasteiger partial charge in [0.05, 0.1) is 17.3 Å². The molecule has 0 aliphatic carbocycles. The number of carbonyl (C=O) groups is 1. The number of aryl methyl sites for hydroxylation is 1. The Bertz CT molecular complexity index is 1600. The van der Waals surface area contributed by atoms with E-state index in [0.717, 1.165) is 50.2 Å². The van der Waals surface area contributed by atoms with Gasteiger partial charge in [-0.15, -0.1) is 0 Å². The van der Waals surface area contributed by atoms with Gasteiger partial charge in [0, 0.05) is 42.0 Å². The number of amides is 1. The second kappa shape index (κ2) is 14.5. The highest BCUT2D eigenvalue weighted by molar-refractivity contribution is 5.92. The molecular formula is C34H42N6O3. The molecule has 9 heteroatoms. The van der Waals surface area contributed by atoms with Crippen molar-refractivity contribution in [2.24, 2.45) is 11.7 Å². The van der Waals surface area contributed by atoms with E-state index < -0.39 is 11.8 Å². The van der Waals surface area contributed by atoms with E-state index in [1.165, 1.54) is 12.8 Å². The van der Waals surface area contributed by atoms with Crippen LogP contribution in [0.15, 0.2) is 70.9 Å². The molecule has 2 aromatic heterocycles. The van der Waals surface area contributed by atoms with Crippen molar-refractivity contribution in [1.29, 1.82) is 0 Å². The summed E-state index contributed by atoms with van der Waals surface area (Å²) in [6.45, 7) is 11.1. The molecule has 1 aliphatic heterocycles. The number of anilines is 1. The number of unbranched alkanes of at least 4 members (excludes halogenated alkanes) is 1. The maximum absolute atomic E-state index is 12.3. The van der Waals surface area contributed by atoms with Crippen LogP contribution in [0.4, 0.5) is 5.69 Å². The summed E-state index contributed by atoms with van der Waals surface area (Å²) in [6, 6.07) is 16.0. The first-order valence-electron chi connectivity index (χ1n) is 14.7. The Morgan fingerprint density at radius 2 is 1.95 bits per heavy atom. The Kier molecular flexibility index (Phi) is 10.6. The number of furan rings is 1. The summed E-state index contributed by atoms with van der Waals surface area (Å²) in [4.78, 5) is 21.2. The maximum atomic E-state index is 12.3. The SMILES string of the molecule is CCCC.CN/C(=C(/C=C(\C)c1ccnc(OCc2cc3ccccc3o2)n1)c1c(C)ccc2c1CNN2)C(C)C(N)=O. The van der Waals surface area contributed by atoms with E-state index in [4.69, 9.17) is 14.9 Å². The van der Waals surface area contributed by atoms with E-state index in [0.29, 0.717) is 18.0 Å². The Hall–Kier alpha value is -4.63. The van der Waals surface area contributed by atoms with Gasteiger partial charge in [0.25, 0.3) is 0 Å². The fraction of sp³-hybridized carbons (Fsp3) is 0.324. The number of rotatable bonds is 10. The third-order valence-corrected chi connectivity index (χ3v) is 7.42. The van der Waals surface area contributed by atoms with Crippen molar-refractivity contribution in [3.63, 3.8) is 0 Å². The quantitative estimate of drug-likeness (QED) is 0.156. The summed E-state index contributed by atoms with van der Waals surface area (Å²) in [7, 11) is 1.81. The minimum Gasteiger partial charge on any atom is -0.457 e. The lowest BCUT2D eigenvalue weighted by Gasteiger charge is -2.21. The van der Waals surface area contributed by atoms with Crippen LogP contribution in [0.5, 0.6) is 6.01 Å². The normalized spacial score (nSPS) is 13.8. The molecule has 4 aromatic rings. The summed E-state index contributed by atoms with van der Waals surface area (Å²) in [5, 5.41) is 4.26. The highest BCUT2D eigenvalue weighted by Crippen LogP contribution is 2.36. The van der Waals surface area contributed by atoms with Crippen LogP contribution in [0.1, 0.15) is 68.7 Å². The molecular weight excluding hydrogens is 540 g/mol. The van der Waals surface area contributed by atoms with E-state index in [1.54, 1.807) is 13.1 Å². The summed E-state index contributed by atoms with van der Waals surface area (Å²) >= 11 is 0. The molecule has 0 spiro atoms. The molecule has 5 N–H and O–H groups in total. The summed E-state index contributed by atoms with van der Waals surface area (Å²) in [6.07, 6.45) is 6.35. The molecule has 2 aromatic carbocycles. The Balaban J connectivity index is 0.000000996. The molecule has 5 rings (SSSR count). The zero-order chi connectivity index (χ0) is 30.9. The van der Waals surface area contributed by atoms with Crippen LogP contribution in [0.25, 0.3) is 22.1 Å². The lowest BCUT2D eigenvalue weighted by molar-refractivity contribution is -0.120. The number of hydrogen-bond donors (Lipinski definition) is 4. The van der Waals surface area contributed by atoms with Gasteiger partial charge in [-0.2, -0.15) is 4.98 Å². The van der Waals surface area contributed by atoms with Crippen LogP contribution in [0, 0.1) is 12.8 Å². The first-order valence-corrected chi connectivity index (χ1v) is 14.7. The van der Waals surface area contributed by atoms with E-state index in [-0.39, 0.29) is 12.6 Å². The molecule has 0 radical (unpaired) electrons. The van der Waals surface area contributed by atoms with Crippen LogP contribution in [0.2, 0.25) is 0 Å². The number of nitrogens with one attached hydrogen (secondary N) is 3. The first-order chi connectivity index (χ1) is 20.8. The van der Waals surface area contributed by atoms with Crippen LogP contribution in [-0.2, 0) is 17.9 Å². The third-order valence-electron chi connectivity index (χ3n) is 7.42. The molecule has 226 valence electrons. The van der Waals surface area contributed by atoms with Gasteiger partial charge in [-0.1, -0.05) is 51.0 Å². The molecule has 1 amide bonds. The lowest BCUT2D eigenvalue weighted by atomic mass is 9.88. The average molecular weight is 583 g/mol. The van der Waals surface area contributed by atoms with Gasteiger partial charge >= 0.3 is 6.01 Å². The van der Waals surface area contributed by atoms with Crippen molar-refractivity contribution in [3.8, 4) is 6.01 Å². The van der Waals surface area contributed by atoms with Gasteiger partial charge in [0.2, 0.25) is 5.91 Å². The standard InChI is InChI=1S/C30H32N6O3.C4H10/c1-17-9-10-25-23(15-34-36-25)27(17)22(28(32-4)19(3)29(31)37)13-18(2)24-11-12-33-30(35-24)38-16-21-14-20-7-5-6-8-26(20)39-21;1-3-4-2/h5-14,19,32,34,36H,15-16H2,1-4H3,(H2,31,37);3-4H2,1-2H3/b18-13+,28-22-;. The number of fused-ring (bicyclic) bond motifs is 2. The average Bonchev–Trinajstić information content (AvgIpc) is 3.67. The number of aromatic nitrogens is 2. The smallest absolute Gasteiger partial charge is 0.317 e. The predicted molar refractivity (Wildman–Crippen MR) is 173 cm³/mol. The first kappa shape index (κ1) is 31.3.